The first kappa shape index (κ1) is 25.0. The summed E-state index contributed by atoms with van der Waals surface area (Å²) in [7, 11) is 0. The van der Waals surface area contributed by atoms with Crippen molar-refractivity contribution in [2.75, 3.05) is 16.8 Å². The molecule has 38 heavy (non-hydrogen) atoms. The van der Waals surface area contributed by atoms with Crippen LogP contribution in [0.2, 0.25) is 0 Å². The third kappa shape index (κ3) is 5.08. The number of benzene rings is 4. The maximum absolute atomic E-state index is 13.2. The topological polar surface area (TPSA) is 75.5 Å². The van der Waals surface area contributed by atoms with Gasteiger partial charge in [0.1, 0.15) is 5.69 Å². The van der Waals surface area contributed by atoms with Crippen LogP contribution in [0, 0.1) is 10.1 Å². The van der Waals surface area contributed by atoms with Crippen LogP contribution in [-0.2, 0) is 19.1 Å². The van der Waals surface area contributed by atoms with Crippen LogP contribution in [0.5, 0.6) is 0 Å². The summed E-state index contributed by atoms with van der Waals surface area (Å²) in [5, 5.41) is 14.3. The molecule has 1 N–H and O–H groups in total. The quantitative estimate of drug-likeness (QED) is 0.226. The molecule has 0 aliphatic carbocycles. The highest BCUT2D eigenvalue weighted by atomic mass is 19.4. The van der Waals surface area contributed by atoms with Crippen molar-refractivity contribution in [3.8, 4) is 11.1 Å². The van der Waals surface area contributed by atoms with E-state index in [4.69, 9.17) is 0 Å². The fourth-order valence-corrected chi connectivity index (χ4v) is 4.69. The van der Waals surface area contributed by atoms with Gasteiger partial charge in [0.15, 0.2) is 0 Å². The van der Waals surface area contributed by atoms with E-state index in [0.29, 0.717) is 47.6 Å². The van der Waals surface area contributed by atoms with Gasteiger partial charge in [-0.05, 0) is 65.1 Å². The number of hydrogen-bond acceptors (Lipinski definition) is 4. The van der Waals surface area contributed by atoms with Crippen molar-refractivity contribution in [3.05, 3.63) is 123 Å². The molecule has 1 heterocycles. The van der Waals surface area contributed by atoms with Gasteiger partial charge in [-0.1, -0.05) is 48.5 Å². The SMILES string of the molecule is O=C(Nc1ccc2c(c1)CCN(c1ccccc1[N+](=O)[O-])C2)c1ccccc1-c1ccc(C(F)(F)F)cc1. The van der Waals surface area contributed by atoms with Crippen LogP contribution in [0.15, 0.2) is 91.0 Å². The number of carbonyl (C=O) groups is 1. The molecule has 6 nitrogen and oxygen atoms in total. The molecule has 0 fully saturated rings. The number of hydrogen-bond donors (Lipinski definition) is 1. The predicted molar refractivity (Wildman–Crippen MR) is 139 cm³/mol. The molecular weight excluding hydrogens is 495 g/mol. The average molecular weight is 518 g/mol. The Morgan fingerprint density at radius 2 is 1.61 bits per heavy atom. The summed E-state index contributed by atoms with van der Waals surface area (Å²) in [5.74, 6) is -0.377. The van der Waals surface area contributed by atoms with Crippen LogP contribution in [0.4, 0.5) is 30.2 Å². The van der Waals surface area contributed by atoms with Crippen LogP contribution in [0.3, 0.4) is 0 Å². The number of rotatable bonds is 5. The second kappa shape index (κ2) is 10.0. The fraction of sp³-hybridized carbons (Fsp3) is 0.138. The maximum atomic E-state index is 13.2. The summed E-state index contributed by atoms with van der Waals surface area (Å²) in [6.45, 7) is 1.09. The van der Waals surface area contributed by atoms with Gasteiger partial charge >= 0.3 is 6.18 Å². The van der Waals surface area contributed by atoms with Gasteiger partial charge in [0.2, 0.25) is 0 Å². The minimum Gasteiger partial charge on any atom is -0.361 e. The lowest BCUT2D eigenvalue weighted by molar-refractivity contribution is -0.384. The highest BCUT2D eigenvalue weighted by Gasteiger charge is 2.30. The second-order valence-corrected chi connectivity index (χ2v) is 8.98. The standard InChI is InChI=1S/C29H22F3N3O3/c30-29(31,32)22-12-9-19(10-13-22)24-5-1-2-6-25(24)28(36)33-23-14-11-21-18-34(16-15-20(21)17-23)26-7-3-4-8-27(26)35(37)38/h1-14,17H,15-16,18H2,(H,33,36). The van der Waals surface area contributed by atoms with Crippen molar-refractivity contribution in [2.45, 2.75) is 19.1 Å². The number of nitro groups is 1. The van der Waals surface area contributed by atoms with E-state index in [1.165, 1.54) is 18.2 Å². The van der Waals surface area contributed by atoms with Crippen LogP contribution in [0.25, 0.3) is 11.1 Å². The number of fused-ring (bicyclic) bond motifs is 1. The van der Waals surface area contributed by atoms with Crippen molar-refractivity contribution >= 4 is 23.0 Å². The summed E-state index contributed by atoms with van der Waals surface area (Å²) in [5.41, 5.74) is 3.89. The van der Waals surface area contributed by atoms with Gasteiger partial charge in [0, 0.05) is 30.4 Å². The molecule has 0 spiro atoms. The molecule has 0 saturated carbocycles. The lowest BCUT2D eigenvalue weighted by atomic mass is 9.97. The lowest BCUT2D eigenvalue weighted by Gasteiger charge is -2.30. The molecule has 0 saturated heterocycles. The van der Waals surface area contributed by atoms with Crippen LogP contribution >= 0.6 is 0 Å². The molecule has 0 unspecified atom stereocenters. The number of nitrogens with zero attached hydrogens (tertiary/aromatic N) is 2. The van der Waals surface area contributed by atoms with Gasteiger partial charge in [-0.3, -0.25) is 14.9 Å². The predicted octanol–water partition coefficient (Wildman–Crippen LogP) is 7.10. The van der Waals surface area contributed by atoms with E-state index in [2.05, 4.69) is 5.32 Å². The number of para-hydroxylation sites is 2. The summed E-state index contributed by atoms with van der Waals surface area (Å²) in [6.07, 6.45) is -3.79. The van der Waals surface area contributed by atoms with E-state index in [9.17, 15) is 28.1 Å². The molecule has 0 aromatic heterocycles. The zero-order chi connectivity index (χ0) is 26.9. The van der Waals surface area contributed by atoms with Gasteiger partial charge in [-0.15, -0.1) is 0 Å². The third-order valence-electron chi connectivity index (χ3n) is 6.59. The molecule has 4 aromatic carbocycles. The lowest BCUT2D eigenvalue weighted by Crippen LogP contribution is -2.31. The minimum atomic E-state index is -4.44. The molecule has 0 bridgehead atoms. The number of alkyl halides is 3. The van der Waals surface area contributed by atoms with Crippen molar-refractivity contribution < 1.29 is 22.9 Å². The molecule has 1 amide bonds. The summed E-state index contributed by atoms with van der Waals surface area (Å²) >= 11 is 0. The Hall–Kier alpha value is -4.66. The normalized spacial score (nSPS) is 13.1. The van der Waals surface area contributed by atoms with E-state index in [1.807, 2.05) is 17.0 Å². The first-order chi connectivity index (χ1) is 18.2. The number of nitro benzene ring substituents is 1. The van der Waals surface area contributed by atoms with Crippen LogP contribution in [0.1, 0.15) is 27.0 Å². The first-order valence-corrected chi connectivity index (χ1v) is 11.9. The van der Waals surface area contributed by atoms with E-state index in [0.717, 1.165) is 23.3 Å². The van der Waals surface area contributed by atoms with E-state index < -0.39 is 11.7 Å². The molecule has 0 atom stereocenters. The van der Waals surface area contributed by atoms with Crippen molar-refractivity contribution in [1.29, 1.82) is 0 Å². The zero-order valence-electron chi connectivity index (χ0n) is 20.0. The Labute approximate surface area is 216 Å². The molecule has 5 rings (SSSR count). The molecular formula is C29H22F3N3O3. The summed E-state index contributed by atoms with van der Waals surface area (Å²) in [6, 6.07) is 23.7. The number of amides is 1. The van der Waals surface area contributed by atoms with E-state index >= 15 is 0 Å². The average Bonchev–Trinajstić information content (AvgIpc) is 2.92. The summed E-state index contributed by atoms with van der Waals surface area (Å²) < 4.78 is 38.9. The van der Waals surface area contributed by atoms with Crippen molar-refractivity contribution in [3.63, 3.8) is 0 Å². The smallest absolute Gasteiger partial charge is 0.361 e. The van der Waals surface area contributed by atoms with Crippen LogP contribution in [-0.4, -0.2) is 17.4 Å². The largest absolute Gasteiger partial charge is 0.416 e. The molecule has 9 heteroatoms. The highest BCUT2D eigenvalue weighted by molar-refractivity contribution is 6.08. The Balaban J connectivity index is 1.34. The van der Waals surface area contributed by atoms with Crippen molar-refractivity contribution in [1.82, 2.24) is 0 Å². The molecule has 4 aromatic rings. The second-order valence-electron chi connectivity index (χ2n) is 8.98. The van der Waals surface area contributed by atoms with Crippen molar-refractivity contribution in [2.24, 2.45) is 0 Å². The van der Waals surface area contributed by atoms with Gasteiger partial charge in [0.05, 0.1) is 10.5 Å². The first-order valence-electron chi connectivity index (χ1n) is 11.9. The molecule has 192 valence electrons. The number of nitrogens with one attached hydrogen (secondary N) is 1. The van der Waals surface area contributed by atoms with Gasteiger partial charge in [0.25, 0.3) is 11.6 Å². The van der Waals surface area contributed by atoms with Gasteiger partial charge < -0.3 is 10.2 Å². The fourth-order valence-electron chi connectivity index (χ4n) is 4.69. The maximum Gasteiger partial charge on any atom is 0.416 e. The Kier molecular flexibility index (Phi) is 6.59. The highest BCUT2D eigenvalue weighted by Crippen LogP contribution is 2.34. The number of carbonyl (C=O) groups excluding carboxylic acids is 1. The Bertz CT molecular complexity index is 1520. The van der Waals surface area contributed by atoms with E-state index in [1.54, 1.807) is 48.5 Å². The zero-order valence-corrected chi connectivity index (χ0v) is 20.0. The Morgan fingerprint density at radius 3 is 2.34 bits per heavy atom. The van der Waals surface area contributed by atoms with E-state index in [-0.39, 0.29) is 16.5 Å². The van der Waals surface area contributed by atoms with Gasteiger partial charge in [-0.2, -0.15) is 13.2 Å². The molecule has 1 aliphatic heterocycles. The number of anilines is 2. The molecule has 1 aliphatic rings. The van der Waals surface area contributed by atoms with Gasteiger partial charge in [-0.25, -0.2) is 0 Å². The minimum absolute atomic E-state index is 0.0616. The monoisotopic (exact) mass is 517 g/mol. The third-order valence-corrected chi connectivity index (χ3v) is 6.59. The van der Waals surface area contributed by atoms with Crippen LogP contribution < -0.4 is 10.2 Å². The molecule has 0 radical (unpaired) electrons. The summed E-state index contributed by atoms with van der Waals surface area (Å²) in [4.78, 5) is 26.2. The number of halogens is 3. The Morgan fingerprint density at radius 1 is 0.895 bits per heavy atom.